The van der Waals surface area contributed by atoms with Crippen molar-refractivity contribution in [2.75, 3.05) is 39.3 Å². The standard InChI is InChI=1S/C14H28N2O2/c1-3-5-6-14(18)11-15-7-9-16(10-8-15)13(4-2)12-17/h3,13-14,17-18H,1,4-12H2,2H3. The van der Waals surface area contributed by atoms with E-state index in [-0.39, 0.29) is 12.7 Å². The molecule has 4 nitrogen and oxygen atoms in total. The predicted octanol–water partition coefficient (Wildman–Crippen LogP) is 0.702. The Bertz CT molecular complexity index is 224. The minimum absolute atomic E-state index is 0.241. The van der Waals surface area contributed by atoms with E-state index in [2.05, 4.69) is 23.3 Å². The molecule has 0 saturated carbocycles. The second kappa shape index (κ2) is 8.64. The van der Waals surface area contributed by atoms with E-state index >= 15 is 0 Å². The van der Waals surface area contributed by atoms with Crippen LogP contribution >= 0.6 is 0 Å². The fourth-order valence-corrected chi connectivity index (χ4v) is 2.51. The van der Waals surface area contributed by atoms with Crippen LogP contribution in [0.4, 0.5) is 0 Å². The topological polar surface area (TPSA) is 46.9 Å². The summed E-state index contributed by atoms with van der Waals surface area (Å²) >= 11 is 0. The van der Waals surface area contributed by atoms with E-state index < -0.39 is 0 Å². The van der Waals surface area contributed by atoms with Gasteiger partial charge in [-0.05, 0) is 19.3 Å². The Hall–Kier alpha value is -0.420. The van der Waals surface area contributed by atoms with Crippen LogP contribution in [0.3, 0.4) is 0 Å². The summed E-state index contributed by atoms with van der Waals surface area (Å²) in [6.45, 7) is 10.8. The van der Waals surface area contributed by atoms with Crippen LogP contribution in [0.5, 0.6) is 0 Å². The number of hydrogen-bond acceptors (Lipinski definition) is 4. The number of rotatable bonds is 8. The molecule has 0 aliphatic carbocycles. The van der Waals surface area contributed by atoms with E-state index in [0.717, 1.165) is 52.0 Å². The first-order valence-corrected chi connectivity index (χ1v) is 7.07. The average Bonchev–Trinajstić information content (AvgIpc) is 2.40. The molecule has 0 aromatic heterocycles. The van der Waals surface area contributed by atoms with Crippen molar-refractivity contribution in [2.45, 2.75) is 38.3 Å². The highest BCUT2D eigenvalue weighted by atomic mass is 16.3. The van der Waals surface area contributed by atoms with E-state index in [1.165, 1.54) is 0 Å². The third kappa shape index (κ3) is 5.06. The van der Waals surface area contributed by atoms with Crippen molar-refractivity contribution in [3.63, 3.8) is 0 Å². The Morgan fingerprint density at radius 1 is 1.28 bits per heavy atom. The summed E-state index contributed by atoms with van der Waals surface area (Å²) in [5.41, 5.74) is 0. The van der Waals surface area contributed by atoms with Gasteiger partial charge >= 0.3 is 0 Å². The zero-order valence-corrected chi connectivity index (χ0v) is 11.6. The summed E-state index contributed by atoms with van der Waals surface area (Å²) in [4.78, 5) is 4.67. The third-order valence-corrected chi connectivity index (χ3v) is 3.78. The Labute approximate surface area is 111 Å². The van der Waals surface area contributed by atoms with Crippen molar-refractivity contribution in [3.8, 4) is 0 Å². The summed E-state index contributed by atoms with van der Waals surface area (Å²) in [5.74, 6) is 0. The van der Waals surface area contributed by atoms with Crippen LogP contribution in [0.2, 0.25) is 0 Å². The first kappa shape index (κ1) is 15.6. The van der Waals surface area contributed by atoms with E-state index in [9.17, 15) is 10.2 Å². The Balaban J connectivity index is 2.24. The number of piperazine rings is 1. The maximum absolute atomic E-state index is 9.86. The average molecular weight is 256 g/mol. The maximum atomic E-state index is 9.86. The molecule has 18 heavy (non-hydrogen) atoms. The maximum Gasteiger partial charge on any atom is 0.0670 e. The van der Waals surface area contributed by atoms with Crippen molar-refractivity contribution in [3.05, 3.63) is 12.7 Å². The molecular weight excluding hydrogens is 228 g/mol. The molecule has 1 aliphatic rings. The first-order chi connectivity index (χ1) is 8.71. The van der Waals surface area contributed by atoms with Gasteiger partial charge in [-0.25, -0.2) is 0 Å². The monoisotopic (exact) mass is 256 g/mol. The van der Waals surface area contributed by atoms with Gasteiger partial charge < -0.3 is 10.2 Å². The largest absolute Gasteiger partial charge is 0.395 e. The van der Waals surface area contributed by atoms with Crippen LogP contribution in [0.1, 0.15) is 26.2 Å². The van der Waals surface area contributed by atoms with Gasteiger partial charge in [0.25, 0.3) is 0 Å². The summed E-state index contributed by atoms with van der Waals surface area (Å²) in [5, 5.41) is 19.1. The molecule has 4 heteroatoms. The molecule has 106 valence electrons. The van der Waals surface area contributed by atoms with Crippen molar-refractivity contribution >= 4 is 0 Å². The molecular formula is C14H28N2O2. The highest BCUT2D eigenvalue weighted by Gasteiger charge is 2.23. The Morgan fingerprint density at radius 2 is 1.94 bits per heavy atom. The second-order valence-corrected chi connectivity index (χ2v) is 5.10. The van der Waals surface area contributed by atoms with Gasteiger partial charge in [0.05, 0.1) is 12.7 Å². The highest BCUT2D eigenvalue weighted by molar-refractivity contribution is 4.79. The molecule has 2 atom stereocenters. The smallest absolute Gasteiger partial charge is 0.0670 e. The number of hydrogen-bond donors (Lipinski definition) is 2. The van der Waals surface area contributed by atoms with E-state index in [1.807, 2.05) is 6.08 Å². The summed E-state index contributed by atoms with van der Waals surface area (Å²) in [6, 6.07) is 0.304. The zero-order chi connectivity index (χ0) is 13.4. The van der Waals surface area contributed by atoms with Gasteiger partial charge in [-0.15, -0.1) is 6.58 Å². The molecule has 1 fully saturated rings. The molecule has 0 aromatic rings. The molecule has 2 unspecified atom stereocenters. The number of β-amino-alcohol motifs (C(OH)–C–C–N with tert-alkyl or cyclic N) is 1. The van der Waals surface area contributed by atoms with Gasteiger partial charge in [0.2, 0.25) is 0 Å². The van der Waals surface area contributed by atoms with Crippen LogP contribution in [-0.4, -0.2) is 71.5 Å². The summed E-state index contributed by atoms with van der Waals surface area (Å²) in [6.07, 6.45) is 4.29. The molecule has 1 heterocycles. The van der Waals surface area contributed by atoms with Crippen LogP contribution in [0.15, 0.2) is 12.7 Å². The number of aliphatic hydroxyl groups excluding tert-OH is 2. The SMILES string of the molecule is C=CCCC(O)CN1CCN(C(CC)CO)CC1. The fraction of sp³-hybridized carbons (Fsp3) is 0.857. The number of allylic oxidation sites excluding steroid dienone is 1. The fourth-order valence-electron chi connectivity index (χ4n) is 2.51. The molecule has 0 aromatic carbocycles. The molecule has 1 rings (SSSR count). The van der Waals surface area contributed by atoms with Crippen molar-refractivity contribution in [1.29, 1.82) is 0 Å². The number of nitrogens with zero attached hydrogens (tertiary/aromatic N) is 2. The predicted molar refractivity (Wildman–Crippen MR) is 74.6 cm³/mol. The van der Waals surface area contributed by atoms with Gasteiger partial charge in [-0.2, -0.15) is 0 Å². The third-order valence-electron chi connectivity index (χ3n) is 3.78. The Kier molecular flexibility index (Phi) is 7.51. The Morgan fingerprint density at radius 3 is 2.44 bits per heavy atom. The lowest BCUT2D eigenvalue weighted by Crippen LogP contribution is -2.52. The molecule has 0 bridgehead atoms. The van der Waals surface area contributed by atoms with Crippen LogP contribution < -0.4 is 0 Å². The molecule has 0 radical (unpaired) electrons. The van der Waals surface area contributed by atoms with E-state index in [4.69, 9.17) is 0 Å². The highest BCUT2D eigenvalue weighted by Crippen LogP contribution is 2.10. The normalized spacial score (nSPS) is 21.7. The van der Waals surface area contributed by atoms with E-state index in [1.54, 1.807) is 0 Å². The van der Waals surface area contributed by atoms with Crippen molar-refractivity contribution in [1.82, 2.24) is 9.80 Å². The molecule has 0 spiro atoms. The lowest BCUT2D eigenvalue weighted by Gasteiger charge is -2.39. The lowest BCUT2D eigenvalue weighted by atomic mass is 10.1. The second-order valence-electron chi connectivity index (χ2n) is 5.10. The van der Waals surface area contributed by atoms with Gasteiger partial charge in [0.15, 0.2) is 0 Å². The molecule has 1 saturated heterocycles. The van der Waals surface area contributed by atoms with Crippen molar-refractivity contribution < 1.29 is 10.2 Å². The molecule has 1 aliphatic heterocycles. The zero-order valence-electron chi connectivity index (χ0n) is 11.6. The van der Waals surface area contributed by atoms with Crippen LogP contribution in [0.25, 0.3) is 0 Å². The lowest BCUT2D eigenvalue weighted by molar-refractivity contribution is 0.0381. The summed E-state index contributed by atoms with van der Waals surface area (Å²) < 4.78 is 0. The van der Waals surface area contributed by atoms with Crippen LogP contribution in [-0.2, 0) is 0 Å². The van der Waals surface area contributed by atoms with Gasteiger partial charge in [-0.1, -0.05) is 13.0 Å². The minimum Gasteiger partial charge on any atom is -0.395 e. The van der Waals surface area contributed by atoms with Gasteiger partial charge in [0, 0.05) is 38.8 Å². The number of aliphatic hydroxyl groups is 2. The molecule has 2 N–H and O–H groups in total. The van der Waals surface area contributed by atoms with Crippen LogP contribution in [0, 0.1) is 0 Å². The quantitative estimate of drug-likeness (QED) is 0.628. The van der Waals surface area contributed by atoms with Gasteiger partial charge in [0.1, 0.15) is 0 Å². The molecule has 0 amide bonds. The summed E-state index contributed by atoms with van der Waals surface area (Å²) in [7, 11) is 0. The van der Waals surface area contributed by atoms with E-state index in [0.29, 0.717) is 6.04 Å². The first-order valence-electron chi connectivity index (χ1n) is 7.07. The van der Waals surface area contributed by atoms with Gasteiger partial charge in [-0.3, -0.25) is 9.80 Å². The minimum atomic E-state index is -0.241. The van der Waals surface area contributed by atoms with Crippen molar-refractivity contribution in [2.24, 2.45) is 0 Å².